The first-order valence-corrected chi connectivity index (χ1v) is 8.92. The minimum Gasteiger partial charge on any atom is -0.503 e. The van der Waals surface area contributed by atoms with Crippen LogP contribution in [0.5, 0.6) is 0 Å². The molecule has 0 radical (unpaired) electrons. The Morgan fingerprint density at radius 1 is 1.15 bits per heavy atom. The number of carbonyl (C=O) groups is 2. The number of hydrogen-bond acceptors (Lipinski definition) is 3. The Morgan fingerprint density at radius 2 is 1.85 bits per heavy atom. The molecule has 1 unspecified atom stereocenters. The van der Waals surface area contributed by atoms with Crippen molar-refractivity contribution in [1.82, 2.24) is 0 Å². The summed E-state index contributed by atoms with van der Waals surface area (Å²) in [4.78, 5) is 26.7. The van der Waals surface area contributed by atoms with E-state index in [1.165, 1.54) is 4.90 Å². The van der Waals surface area contributed by atoms with Gasteiger partial charge in [-0.3, -0.25) is 14.5 Å². The number of ketones is 1. The lowest BCUT2D eigenvalue weighted by Gasteiger charge is -2.28. The van der Waals surface area contributed by atoms with E-state index in [9.17, 15) is 14.7 Å². The van der Waals surface area contributed by atoms with Gasteiger partial charge in [-0.2, -0.15) is 0 Å². The van der Waals surface area contributed by atoms with Gasteiger partial charge < -0.3 is 5.11 Å². The Balaban J connectivity index is 2.23. The van der Waals surface area contributed by atoms with Gasteiger partial charge in [0.05, 0.1) is 21.7 Å². The molecule has 134 valence electrons. The highest BCUT2D eigenvalue weighted by Crippen LogP contribution is 2.43. The van der Waals surface area contributed by atoms with E-state index >= 15 is 0 Å². The van der Waals surface area contributed by atoms with Gasteiger partial charge in [0.2, 0.25) is 0 Å². The van der Waals surface area contributed by atoms with Gasteiger partial charge in [-0.25, -0.2) is 0 Å². The van der Waals surface area contributed by atoms with Gasteiger partial charge in [-0.1, -0.05) is 54.4 Å². The predicted octanol–water partition coefficient (Wildman–Crippen LogP) is 5.18. The van der Waals surface area contributed by atoms with E-state index in [0.29, 0.717) is 10.7 Å². The summed E-state index contributed by atoms with van der Waals surface area (Å²) in [7, 11) is 0. The van der Waals surface area contributed by atoms with E-state index in [4.69, 9.17) is 23.2 Å². The van der Waals surface area contributed by atoms with Crippen LogP contribution in [0.25, 0.3) is 0 Å². The maximum absolute atomic E-state index is 12.8. The van der Waals surface area contributed by atoms with E-state index in [1.807, 2.05) is 31.2 Å². The van der Waals surface area contributed by atoms with Crippen molar-refractivity contribution >= 4 is 40.6 Å². The highest BCUT2D eigenvalue weighted by molar-refractivity contribution is 6.42. The van der Waals surface area contributed by atoms with Crippen LogP contribution in [0.4, 0.5) is 5.69 Å². The maximum atomic E-state index is 12.8. The summed E-state index contributed by atoms with van der Waals surface area (Å²) < 4.78 is 0. The second-order valence-electron chi connectivity index (χ2n) is 6.07. The van der Waals surface area contributed by atoms with Crippen LogP contribution in [0.2, 0.25) is 10.0 Å². The minimum absolute atomic E-state index is 0.109. The van der Waals surface area contributed by atoms with Crippen LogP contribution in [-0.4, -0.2) is 16.8 Å². The van der Waals surface area contributed by atoms with Crippen molar-refractivity contribution < 1.29 is 14.7 Å². The molecule has 1 amide bonds. The fourth-order valence-corrected chi connectivity index (χ4v) is 3.46. The first kappa shape index (κ1) is 18.5. The van der Waals surface area contributed by atoms with Crippen LogP contribution >= 0.6 is 23.2 Å². The molecular weight excluding hydrogens is 373 g/mol. The zero-order valence-corrected chi connectivity index (χ0v) is 15.8. The van der Waals surface area contributed by atoms with Gasteiger partial charge in [0.1, 0.15) is 0 Å². The molecule has 1 aliphatic rings. The van der Waals surface area contributed by atoms with Crippen LogP contribution < -0.4 is 4.90 Å². The molecule has 6 heteroatoms. The molecule has 0 saturated heterocycles. The van der Waals surface area contributed by atoms with Crippen LogP contribution in [0, 0.1) is 6.92 Å². The highest BCUT2D eigenvalue weighted by Gasteiger charge is 2.44. The van der Waals surface area contributed by atoms with Crippen LogP contribution in [-0.2, 0) is 9.59 Å². The topological polar surface area (TPSA) is 57.6 Å². The molecule has 1 aliphatic heterocycles. The summed E-state index contributed by atoms with van der Waals surface area (Å²) in [5.74, 6) is -1.42. The molecule has 0 aliphatic carbocycles. The molecular formula is C20H17Cl2NO3. The third kappa shape index (κ3) is 3.00. The van der Waals surface area contributed by atoms with Gasteiger partial charge in [0.25, 0.3) is 5.91 Å². The SMILES string of the molecule is CCC(=O)C1=C(O)C(=O)N(c2ccc(Cl)c(Cl)c2)C1c1ccccc1C. The van der Waals surface area contributed by atoms with Gasteiger partial charge in [-0.15, -0.1) is 0 Å². The average molecular weight is 390 g/mol. The van der Waals surface area contributed by atoms with Gasteiger partial charge in [0, 0.05) is 12.1 Å². The van der Waals surface area contributed by atoms with E-state index in [2.05, 4.69) is 0 Å². The number of amides is 1. The number of anilines is 1. The maximum Gasteiger partial charge on any atom is 0.294 e. The Morgan fingerprint density at radius 3 is 2.46 bits per heavy atom. The second-order valence-corrected chi connectivity index (χ2v) is 6.89. The molecule has 1 heterocycles. The summed E-state index contributed by atoms with van der Waals surface area (Å²) in [5.41, 5.74) is 2.25. The number of aliphatic hydroxyl groups excluding tert-OH is 1. The number of hydrogen-bond donors (Lipinski definition) is 1. The molecule has 2 aromatic rings. The Bertz CT molecular complexity index is 936. The van der Waals surface area contributed by atoms with E-state index < -0.39 is 17.7 Å². The summed E-state index contributed by atoms with van der Waals surface area (Å²) in [5, 5.41) is 11.1. The Labute approximate surface area is 161 Å². The molecule has 1 N–H and O–H groups in total. The van der Waals surface area contributed by atoms with Crippen molar-refractivity contribution in [2.24, 2.45) is 0 Å². The standard InChI is InChI=1S/C20H17Cl2NO3/c1-3-16(24)17-18(13-7-5-4-6-11(13)2)23(20(26)19(17)25)12-8-9-14(21)15(22)10-12/h4-10,18,25H,3H2,1-2H3. The second kappa shape index (κ2) is 7.14. The molecule has 0 aromatic heterocycles. The van der Waals surface area contributed by atoms with Crippen LogP contribution in [0.1, 0.15) is 30.5 Å². The smallest absolute Gasteiger partial charge is 0.294 e. The lowest BCUT2D eigenvalue weighted by molar-refractivity contribution is -0.118. The van der Waals surface area contributed by atoms with Crippen molar-refractivity contribution in [3.8, 4) is 0 Å². The monoisotopic (exact) mass is 389 g/mol. The van der Waals surface area contributed by atoms with E-state index in [0.717, 1.165) is 11.1 Å². The zero-order chi connectivity index (χ0) is 19.0. The van der Waals surface area contributed by atoms with E-state index in [-0.39, 0.29) is 22.8 Å². The number of carbonyl (C=O) groups excluding carboxylic acids is 2. The number of aryl methyl sites for hydroxylation is 1. The molecule has 4 nitrogen and oxygen atoms in total. The molecule has 2 aromatic carbocycles. The lowest BCUT2D eigenvalue weighted by atomic mass is 9.92. The molecule has 3 rings (SSSR count). The van der Waals surface area contributed by atoms with Crippen molar-refractivity contribution in [1.29, 1.82) is 0 Å². The number of halogens is 2. The third-order valence-electron chi connectivity index (χ3n) is 4.49. The summed E-state index contributed by atoms with van der Waals surface area (Å²) in [6, 6.07) is 11.5. The van der Waals surface area contributed by atoms with Crippen LogP contribution in [0.15, 0.2) is 53.8 Å². The first-order chi connectivity index (χ1) is 12.4. The highest BCUT2D eigenvalue weighted by atomic mass is 35.5. The molecule has 0 fully saturated rings. The third-order valence-corrected chi connectivity index (χ3v) is 5.23. The molecule has 0 saturated carbocycles. The predicted molar refractivity (Wildman–Crippen MR) is 103 cm³/mol. The number of aliphatic hydroxyl groups is 1. The normalized spacial score (nSPS) is 17.2. The molecule has 26 heavy (non-hydrogen) atoms. The minimum atomic E-state index is -0.714. The quantitative estimate of drug-likeness (QED) is 0.783. The summed E-state index contributed by atoms with van der Waals surface area (Å²) in [6.45, 7) is 3.60. The fourth-order valence-electron chi connectivity index (χ4n) is 3.17. The van der Waals surface area contributed by atoms with Crippen molar-refractivity contribution in [2.75, 3.05) is 4.90 Å². The van der Waals surface area contributed by atoms with Crippen LogP contribution in [0.3, 0.4) is 0 Å². The Kier molecular flexibility index (Phi) is 5.08. The Hall–Kier alpha value is -2.30. The van der Waals surface area contributed by atoms with Crippen molar-refractivity contribution in [2.45, 2.75) is 26.3 Å². The van der Waals surface area contributed by atoms with Gasteiger partial charge >= 0.3 is 0 Å². The lowest BCUT2D eigenvalue weighted by Crippen LogP contribution is -2.31. The van der Waals surface area contributed by atoms with E-state index in [1.54, 1.807) is 25.1 Å². The molecule has 1 atom stereocenters. The van der Waals surface area contributed by atoms with Crippen molar-refractivity contribution in [3.63, 3.8) is 0 Å². The number of Topliss-reactive ketones (excluding diaryl/α,β-unsaturated/α-hetero) is 1. The van der Waals surface area contributed by atoms with Crippen molar-refractivity contribution in [3.05, 3.63) is 75.0 Å². The summed E-state index contributed by atoms with van der Waals surface area (Å²) >= 11 is 12.1. The largest absolute Gasteiger partial charge is 0.503 e. The number of benzene rings is 2. The average Bonchev–Trinajstić information content (AvgIpc) is 2.88. The van der Waals surface area contributed by atoms with Gasteiger partial charge in [0.15, 0.2) is 11.5 Å². The van der Waals surface area contributed by atoms with Gasteiger partial charge in [-0.05, 0) is 36.2 Å². The molecule has 0 bridgehead atoms. The number of rotatable bonds is 4. The molecule has 0 spiro atoms. The summed E-state index contributed by atoms with van der Waals surface area (Å²) in [6.07, 6.45) is 0.185. The zero-order valence-electron chi connectivity index (χ0n) is 14.3. The number of nitrogens with zero attached hydrogens (tertiary/aromatic N) is 1. The fraction of sp³-hybridized carbons (Fsp3) is 0.200. The first-order valence-electron chi connectivity index (χ1n) is 8.17.